The number of benzene rings is 3. The van der Waals surface area contributed by atoms with Crippen LogP contribution in [0.2, 0.25) is 0 Å². The maximum Gasteiger partial charge on any atom is 0.416 e. The van der Waals surface area contributed by atoms with E-state index in [1.165, 1.54) is 10.9 Å². The molecule has 4 rings (SSSR count). The molecule has 7 heteroatoms. The van der Waals surface area contributed by atoms with E-state index in [1.807, 2.05) is 50.2 Å². The van der Waals surface area contributed by atoms with Crippen LogP contribution in [0.3, 0.4) is 0 Å². The van der Waals surface area contributed by atoms with E-state index in [0.717, 1.165) is 23.3 Å². The Labute approximate surface area is 190 Å². The minimum atomic E-state index is -4.46. The van der Waals surface area contributed by atoms with Gasteiger partial charge in [-0.05, 0) is 46.7 Å². The van der Waals surface area contributed by atoms with Crippen LogP contribution in [-0.2, 0) is 11.6 Å². The molecule has 33 heavy (non-hydrogen) atoms. The molecule has 0 unspecified atom stereocenters. The lowest BCUT2D eigenvalue weighted by Crippen LogP contribution is -2.13. The average molecular weight is 454 g/mol. The molecular weight excluding hydrogens is 427 g/mol. The number of hydrogen-bond acceptors (Lipinski definition) is 3. The predicted molar refractivity (Wildman–Crippen MR) is 124 cm³/mol. The molecule has 0 spiro atoms. The molecule has 0 saturated heterocycles. The molecule has 0 aliphatic rings. The van der Waals surface area contributed by atoms with Crippen molar-refractivity contribution in [3.63, 3.8) is 0 Å². The summed E-state index contributed by atoms with van der Waals surface area (Å²) in [4.78, 5) is 1.36. The van der Waals surface area contributed by atoms with E-state index in [1.54, 1.807) is 0 Å². The zero-order valence-electron chi connectivity index (χ0n) is 19.2. The Morgan fingerprint density at radius 3 is 2.12 bits per heavy atom. The summed E-state index contributed by atoms with van der Waals surface area (Å²) in [6.45, 7) is 10.2. The smallest absolute Gasteiger partial charge is 0.416 e. The second kappa shape index (κ2) is 7.90. The Balaban J connectivity index is 1.96. The fourth-order valence-corrected chi connectivity index (χ4v) is 3.83. The number of fused-ring (bicyclic) bond motifs is 1. The summed E-state index contributed by atoms with van der Waals surface area (Å²) in [5.41, 5.74) is 3.28. The molecule has 1 heterocycles. The van der Waals surface area contributed by atoms with E-state index < -0.39 is 11.7 Å². The van der Waals surface area contributed by atoms with Crippen molar-refractivity contribution in [2.24, 2.45) is 0 Å². The number of rotatable bonds is 3. The minimum Gasteiger partial charge on any atom is -0.507 e. The summed E-state index contributed by atoms with van der Waals surface area (Å²) in [7, 11) is 0. The van der Waals surface area contributed by atoms with Crippen molar-refractivity contribution in [3.8, 4) is 22.6 Å². The highest BCUT2D eigenvalue weighted by Crippen LogP contribution is 2.40. The van der Waals surface area contributed by atoms with Crippen LogP contribution in [0.25, 0.3) is 27.8 Å². The Bertz CT molecular complexity index is 1330. The van der Waals surface area contributed by atoms with Crippen molar-refractivity contribution >= 4 is 11.0 Å². The normalized spacial score (nSPS) is 12.6. The van der Waals surface area contributed by atoms with Crippen LogP contribution in [0.4, 0.5) is 13.2 Å². The first-order chi connectivity index (χ1) is 15.4. The number of para-hydroxylation sites is 1. The average Bonchev–Trinajstić information content (AvgIpc) is 3.15. The molecule has 0 bridgehead atoms. The maximum absolute atomic E-state index is 13.2. The fraction of sp³-hybridized carbons (Fsp3) is 0.308. The first-order valence-corrected chi connectivity index (χ1v) is 10.8. The molecule has 0 radical (unpaired) electrons. The third-order valence-corrected chi connectivity index (χ3v) is 5.77. The van der Waals surface area contributed by atoms with Crippen LogP contribution in [0.5, 0.6) is 5.75 Å². The first-order valence-electron chi connectivity index (χ1n) is 10.8. The summed E-state index contributed by atoms with van der Waals surface area (Å²) >= 11 is 0. The zero-order chi connectivity index (χ0) is 24.1. The predicted octanol–water partition coefficient (Wildman–Crippen LogP) is 7.23. The summed E-state index contributed by atoms with van der Waals surface area (Å²) in [6, 6.07) is 14.7. The Morgan fingerprint density at radius 2 is 1.48 bits per heavy atom. The van der Waals surface area contributed by atoms with E-state index in [2.05, 4.69) is 31.0 Å². The Kier molecular flexibility index (Phi) is 5.47. The van der Waals surface area contributed by atoms with E-state index in [0.29, 0.717) is 22.3 Å². The second-order valence-electron chi connectivity index (χ2n) is 9.57. The summed E-state index contributed by atoms with van der Waals surface area (Å²) in [5.74, 6) is 0.293. The molecule has 4 nitrogen and oxygen atoms in total. The van der Waals surface area contributed by atoms with E-state index >= 15 is 0 Å². The number of aromatic nitrogens is 3. The highest BCUT2D eigenvalue weighted by molar-refractivity contribution is 5.80. The lowest BCUT2D eigenvalue weighted by molar-refractivity contribution is -0.137. The largest absolute Gasteiger partial charge is 0.507 e. The topological polar surface area (TPSA) is 50.9 Å². The SMILES string of the molecule is CC(C)c1cccc(-c2ccc(C(C)(C)C)cc2-n2nc3ccc(C(F)(F)F)cc3n2)c1O. The standard InChI is InChI=1S/C26H26F3N3O/c1-15(2)18-7-6-8-20(24(18)33)19-11-9-16(25(3,4)5)14-23(19)32-30-21-12-10-17(26(27,28)29)13-22(21)31-32/h6-15,33H,1-5H3. The summed E-state index contributed by atoms with van der Waals surface area (Å²) in [6.07, 6.45) is -4.46. The van der Waals surface area contributed by atoms with Crippen molar-refractivity contribution in [2.75, 3.05) is 0 Å². The van der Waals surface area contributed by atoms with Crippen LogP contribution in [0, 0.1) is 0 Å². The third kappa shape index (κ3) is 4.32. The van der Waals surface area contributed by atoms with E-state index in [4.69, 9.17) is 0 Å². The van der Waals surface area contributed by atoms with Gasteiger partial charge in [-0.2, -0.15) is 13.2 Å². The highest BCUT2D eigenvalue weighted by atomic mass is 19.4. The van der Waals surface area contributed by atoms with Gasteiger partial charge in [0.25, 0.3) is 0 Å². The van der Waals surface area contributed by atoms with Gasteiger partial charge in [0.1, 0.15) is 16.8 Å². The highest BCUT2D eigenvalue weighted by Gasteiger charge is 2.31. The van der Waals surface area contributed by atoms with Gasteiger partial charge in [-0.25, -0.2) is 0 Å². The molecule has 4 aromatic rings. The van der Waals surface area contributed by atoms with Gasteiger partial charge < -0.3 is 5.11 Å². The molecule has 0 fully saturated rings. The maximum atomic E-state index is 13.2. The third-order valence-electron chi connectivity index (χ3n) is 5.77. The lowest BCUT2D eigenvalue weighted by atomic mass is 9.85. The molecule has 0 saturated carbocycles. The van der Waals surface area contributed by atoms with Crippen LogP contribution in [0.1, 0.15) is 57.2 Å². The molecule has 172 valence electrons. The van der Waals surface area contributed by atoms with E-state index in [-0.39, 0.29) is 22.6 Å². The molecule has 0 atom stereocenters. The number of phenolic OH excluding ortho intramolecular Hbond substituents is 1. The molecule has 3 aromatic carbocycles. The second-order valence-corrected chi connectivity index (χ2v) is 9.57. The summed E-state index contributed by atoms with van der Waals surface area (Å²) in [5, 5.41) is 19.8. The van der Waals surface area contributed by atoms with Crippen molar-refractivity contribution in [3.05, 3.63) is 71.3 Å². The molecule has 0 aliphatic heterocycles. The Morgan fingerprint density at radius 1 is 0.818 bits per heavy atom. The van der Waals surface area contributed by atoms with Gasteiger partial charge in [-0.15, -0.1) is 15.0 Å². The number of aromatic hydroxyl groups is 1. The monoisotopic (exact) mass is 453 g/mol. The molecule has 1 N–H and O–H groups in total. The zero-order valence-corrected chi connectivity index (χ0v) is 19.2. The van der Waals surface area contributed by atoms with Crippen molar-refractivity contribution in [1.29, 1.82) is 0 Å². The molecule has 0 aliphatic carbocycles. The quantitative estimate of drug-likeness (QED) is 0.356. The van der Waals surface area contributed by atoms with Gasteiger partial charge in [0, 0.05) is 11.1 Å². The summed E-state index contributed by atoms with van der Waals surface area (Å²) < 4.78 is 39.5. The fourth-order valence-electron chi connectivity index (χ4n) is 3.83. The van der Waals surface area contributed by atoms with Gasteiger partial charge in [-0.1, -0.05) is 65.0 Å². The van der Waals surface area contributed by atoms with Crippen LogP contribution >= 0.6 is 0 Å². The van der Waals surface area contributed by atoms with Crippen LogP contribution in [-0.4, -0.2) is 20.1 Å². The molecule has 0 amide bonds. The van der Waals surface area contributed by atoms with Crippen molar-refractivity contribution < 1.29 is 18.3 Å². The van der Waals surface area contributed by atoms with Gasteiger partial charge in [0.05, 0.1) is 11.3 Å². The molecular formula is C26H26F3N3O. The van der Waals surface area contributed by atoms with Crippen LogP contribution < -0.4 is 0 Å². The number of halogens is 3. The van der Waals surface area contributed by atoms with Crippen molar-refractivity contribution in [1.82, 2.24) is 15.0 Å². The van der Waals surface area contributed by atoms with Gasteiger partial charge in [0.15, 0.2) is 0 Å². The Hall–Kier alpha value is -3.35. The van der Waals surface area contributed by atoms with Gasteiger partial charge in [-0.3, -0.25) is 0 Å². The van der Waals surface area contributed by atoms with Crippen molar-refractivity contribution in [2.45, 2.75) is 52.1 Å². The van der Waals surface area contributed by atoms with Gasteiger partial charge in [0.2, 0.25) is 0 Å². The first kappa shape index (κ1) is 22.8. The minimum absolute atomic E-state index is 0.119. The number of alkyl halides is 3. The lowest BCUT2D eigenvalue weighted by Gasteiger charge is -2.22. The van der Waals surface area contributed by atoms with Gasteiger partial charge >= 0.3 is 6.18 Å². The van der Waals surface area contributed by atoms with Crippen LogP contribution in [0.15, 0.2) is 54.6 Å². The van der Waals surface area contributed by atoms with E-state index in [9.17, 15) is 18.3 Å². The molecule has 1 aromatic heterocycles. The number of hydrogen-bond donors (Lipinski definition) is 1. The number of nitrogens with zero attached hydrogens (tertiary/aromatic N) is 3. The number of phenols is 1.